The Balaban J connectivity index is 1.22. The van der Waals surface area contributed by atoms with Crippen molar-refractivity contribution >= 4 is 68.5 Å². The first kappa shape index (κ1) is 38.7. The highest BCUT2D eigenvalue weighted by Crippen LogP contribution is 2.31. The van der Waals surface area contributed by atoms with Gasteiger partial charge < -0.3 is 29.6 Å². The molecule has 14 nitrogen and oxygen atoms in total. The number of amides is 2. The summed E-state index contributed by atoms with van der Waals surface area (Å²) in [4.78, 5) is 63.4. The zero-order valence-corrected chi connectivity index (χ0v) is 32.1. The molecular weight excluding hydrogens is 745 g/mol. The Kier molecular flexibility index (Phi) is 12.6. The minimum Gasteiger partial charge on any atom is -0.497 e. The van der Waals surface area contributed by atoms with Crippen LogP contribution in [0.2, 0.25) is 0 Å². The molecule has 4 aromatic carbocycles. The largest absolute Gasteiger partial charge is 0.497 e. The van der Waals surface area contributed by atoms with Gasteiger partial charge in [0.15, 0.2) is 10.3 Å². The van der Waals surface area contributed by atoms with Crippen LogP contribution in [0.5, 0.6) is 23.0 Å². The molecule has 0 aliphatic rings. The summed E-state index contributed by atoms with van der Waals surface area (Å²) in [5, 5.41) is 7.24. The van der Waals surface area contributed by atoms with Crippen molar-refractivity contribution in [3.8, 4) is 23.0 Å². The highest BCUT2D eigenvalue weighted by atomic mass is 32.2. The quantitative estimate of drug-likeness (QED) is 0.0912. The summed E-state index contributed by atoms with van der Waals surface area (Å²) < 4.78 is 24.4. The highest BCUT2D eigenvalue weighted by molar-refractivity contribution is 8.00. The van der Waals surface area contributed by atoms with Crippen LogP contribution in [0.1, 0.15) is 6.42 Å². The lowest BCUT2D eigenvalue weighted by molar-refractivity contribution is -0.114. The Bertz CT molecular complexity index is 2320. The lowest BCUT2D eigenvalue weighted by Crippen LogP contribution is -2.27. The maximum atomic E-state index is 13.8. The van der Waals surface area contributed by atoms with Crippen molar-refractivity contribution in [3.63, 3.8) is 0 Å². The average molecular weight is 783 g/mol. The average Bonchev–Trinajstić information content (AvgIpc) is 3.20. The SMILES string of the molecule is COc1ccc(OC)c(NC(=O)CSc2nc3ccccc3c(=O)n2CCCn2c(SCC(=O)Nc3cc(OC)ccc3OC)nc3ccccc3c2=O)c1. The summed E-state index contributed by atoms with van der Waals surface area (Å²) >= 11 is 2.24. The van der Waals surface area contributed by atoms with E-state index >= 15 is 0 Å². The molecule has 6 rings (SSSR count). The van der Waals surface area contributed by atoms with Crippen molar-refractivity contribution < 1.29 is 28.5 Å². The number of fused-ring (bicyclic) bond motifs is 2. The van der Waals surface area contributed by atoms with Gasteiger partial charge in [0.2, 0.25) is 11.8 Å². The summed E-state index contributed by atoms with van der Waals surface area (Å²) in [6, 6.07) is 24.2. The number of hydrogen-bond donors (Lipinski definition) is 2. The van der Waals surface area contributed by atoms with Crippen molar-refractivity contribution in [2.75, 3.05) is 50.6 Å². The number of aromatic nitrogens is 4. The fraction of sp³-hybridized carbons (Fsp3) is 0.231. The second-order valence-corrected chi connectivity index (χ2v) is 13.8. The molecule has 284 valence electrons. The van der Waals surface area contributed by atoms with Crippen molar-refractivity contribution in [2.24, 2.45) is 0 Å². The molecule has 6 aromatic rings. The van der Waals surface area contributed by atoms with Crippen LogP contribution in [0.3, 0.4) is 0 Å². The van der Waals surface area contributed by atoms with Crippen LogP contribution in [-0.4, -0.2) is 70.9 Å². The lowest BCUT2D eigenvalue weighted by Gasteiger charge is -2.16. The molecule has 2 heterocycles. The summed E-state index contributed by atoms with van der Waals surface area (Å²) in [5.74, 6) is 1.25. The molecule has 2 amide bonds. The fourth-order valence-electron chi connectivity index (χ4n) is 5.75. The first-order valence-electron chi connectivity index (χ1n) is 17.0. The summed E-state index contributed by atoms with van der Waals surface area (Å²) in [5.41, 5.74) is 1.34. The first-order chi connectivity index (χ1) is 26.7. The van der Waals surface area contributed by atoms with Crippen LogP contribution < -0.4 is 40.7 Å². The monoisotopic (exact) mass is 782 g/mol. The van der Waals surface area contributed by atoms with E-state index in [9.17, 15) is 19.2 Å². The van der Waals surface area contributed by atoms with Gasteiger partial charge in [-0.1, -0.05) is 47.8 Å². The third-order valence-corrected chi connectivity index (χ3v) is 10.4. The second-order valence-electron chi connectivity index (χ2n) is 11.9. The molecular formula is C39H38N6O8S2. The van der Waals surface area contributed by atoms with Crippen molar-refractivity contribution in [3.05, 3.63) is 106 Å². The number of ether oxygens (including phenoxy) is 4. The molecule has 0 fully saturated rings. The molecule has 2 N–H and O–H groups in total. The molecule has 0 unspecified atom stereocenters. The Hall–Kier alpha value is -6.00. The van der Waals surface area contributed by atoms with Crippen molar-refractivity contribution in [1.82, 2.24) is 19.1 Å². The van der Waals surface area contributed by atoms with Crippen molar-refractivity contribution in [2.45, 2.75) is 29.8 Å². The Morgan fingerprint density at radius 1 is 0.600 bits per heavy atom. The van der Waals surface area contributed by atoms with E-state index in [-0.39, 0.29) is 47.5 Å². The van der Waals surface area contributed by atoms with Gasteiger partial charge in [-0.2, -0.15) is 0 Å². The number of thioether (sulfide) groups is 2. The zero-order valence-electron chi connectivity index (χ0n) is 30.5. The third-order valence-electron chi connectivity index (χ3n) is 8.44. The van der Waals surface area contributed by atoms with E-state index in [0.717, 1.165) is 23.5 Å². The summed E-state index contributed by atoms with van der Waals surface area (Å²) in [6.07, 6.45) is 0.335. The predicted molar refractivity (Wildman–Crippen MR) is 214 cm³/mol. The molecule has 0 atom stereocenters. The predicted octanol–water partition coefficient (Wildman–Crippen LogP) is 5.69. The van der Waals surface area contributed by atoms with Gasteiger partial charge in [0.05, 0.1) is 73.1 Å². The Labute approximate surface area is 324 Å². The van der Waals surface area contributed by atoms with E-state index in [1.165, 1.54) is 37.6 Å². The third kappa shape index (κ3) is 9.04. The second kappa shape index (κ2) is 17.9. The molecule has 0 aliphatic heterocycles. The van der Waals surface area contributed by atoms with Gasteiger partial charge >= 0.3 is 0 Å². The number of benzene rings is 4. The molecule has 0 aliphatic carbocycles. The van der Waals surface area contributed by atoms with Gasteiger partial charge in [0.25, 0.3) is 11.1 Å². The number of para-hydroxylation sites is 2. The highest BCUT2D eigenvalue weighted by Gasteiger charge is 2.18. The van der Waals surface area contributed by atoms with Gasteiger partial charge in [-0.3, -0.25) is 28.3 Å². The summed E-state index contributed by atoms with van der Waals surface area (Å²) in [7, 11) is 6.07. The van der Waals surface area contributed by atoms with E-state index in [4.69, 9.17) is 28.9 Å². The zero-order chi connectivity index (χ0) is 38.9. The molecule has 0 bridgehead atoms. The number of hydrogen-bond acceptors (Lipinski definition) is 12. The molecule has 2 aromatic heterocycles. The number of carbonyl (C=O) groups excluding carboxylic acids is 2. The topological polar surface area (TPSA) is 165 Å². The Morgan fingerprint density at radius 2 is 1.02 bits per heavy atom. The Morgan fingerprint density at radius 3 is 1.42 bits per heavy atom. The van der Waals surface area contributed by atoms with Gasteiger partial charge in [-0.05, 0) is 55.0 Å². The number of rotatable bonds is 16. The van der Waals surface area contributed by atoms with Crippen LogP contribution in [0.4, 0.5) is 11.4 Å². The minimum absolute atomic E-state index is 0.0519. The fourth-order valence-corrected chi connectivity index (χ4v) is 7.40. The smallest absolute Gasteiger partial charge is 0.262 e. The number of methoxy groups -OCH3 is 4. The number of nitrogens with zero attached hydrogens (tertiary/aromatic N) is 4. The minimum atomic E-state index is -0.338. The van der Waals surface area contributed by atoms with E-state index in [0.29, 0.717) is 72.9 Å². The van der Waals surface area contributed by atoms with Crippen LogP contribution in [0.15, 0.2) is 105 Å². The molecule has 16 heteroatoms. The first-order valence-corrected chi connectivity index (χ1v) is 19.0. The van der Waals surface area contributed by atoms with E-state index < -0.39 is 0 Å². The van der Waals surface area contributed by atoms with Crippen molar-refractivity contribution in [1.29, 1.82) is 0 Å². The molecule has 0 radical (unpaired) electrons. The van der Waals surface area contributed by atoms with Crippen LogP contribution in [0, 0.1) is 0 Å². The standard InChI is InChI=1S/C39H38N6O8S2/c1-50-24-14-16-32(52-3)30(20-24)40-34(46)22-54-38-42-28-12-7-5-10-26(28)36(48)44(38)18-9-19-45-37(49)27-11-6-8-13-29(27)43-39(45)55-23-35(47)41-31-21-25(51-2)15-17-33(31)53-4/h5-8,10-17,20-21H,9,18-19,22-23H2,1-4H3,(H,40,46)(H,41,47). The molecule has 0 saturated heterocycles. The molecule has 55 heavy (non-hydrogen) atoms. The number of carbonyl (C=O) groups is 2. The normalized spacial score (nSPS) is 11.0. The molecule has 0 spiro atoms. The lowest BCUT2D eigenvalue weighted by atomic mass is 10.2. The van der Waals surface area contributed by atoms with Crippen LogP contribution in [-0.2, 0) is 22.7 Å². The van der Waals surface area contributed by atoms with E-state index in [1.54, 1.807) is 84.9 Å². The van der Waals surface area contributed by atoms with Gasteiger partial charge in [-0.25, -0.2) is 9.97 Å². The molecule has 0 saturated carbocycles. The van der Waals surface area contributed by atoms with Crippen LogP contribution >= 0.6 is 23.5 Å². The maximum Gasteiger partial charge on any atom is 0.262 e. The van der Waals surface area contributed by atoms with E-state index in [1.807, 2.05) is 0 Å². The van der Waals surface area contributed by atoms with Gasteiger partial charge in [0, 0.05) is 25.2 Å². The van der Waals surface area contributed by atoms with E-state index in [2.05, 4.69) is 10.6 Å². The summed E-state index contributed by atoms with van der Waals surface area (Å²) in [6.45, 7) is 0.369. The van der Waals surface area contributed by atoms with Gasteiger partial charge in [-0.15, -0.1) is 0 Å². The maximum absolute atomic E-state index is 13.8. The number of nitrogens with one attached hydrogen (secondary N) is 2. The number of anilines is 2. The van der Waals surface area contributed by atoms with Gasteiger partial charge in [0.1, 0.15) is 23.0 Å². The van der Waals surface area contributed by atoms with Crippen LogP contribution in [0.25, 0.3) is 21.8 Å².